The van der Waals surface area contributed by atoms with Crippen LogP contribution in [-0.2, 0) is 11.2 Å². The third-order valence-corrected chi connectivity index (χ3v) is 5.70. The van der Waals surface area contributed by atoms with Crippen LogP contribution in [0.15, 0.2) is 24.3 Å². The van der Waals surface area contributed by atoms with Gasteiger partial charge in [-0.25, -0.2) is 9.50 Å². The topological polar surface area (TPSA) is 59.7 Å². The number of hydrogen-bond acceptors (Lipinski definition) is 4. The Balaban J connectivity index is 2.20. The van der Waals surface area contributed by atoms with E-state index < -0.39 is 0 Å². The van der Waals surface area contributed by atoms with Crippen molar-refractivity contribution in [3.8, 4) is 17.0 Å². The summed E-state index contributed by atoms with van der Waals surface area (Å²) in [5.74, 6) is 0.907. The summed E-state index contributed by atoms with van der Waals surface area (Å²) in [5, 5.41) is 4.82. The molecular weight excluding hydrogens is 464 g/mol. The van der Waals surface area contributed by atoms with E-state index >= 15 is 0 Å². The molecule has 7 heteroatoms. The Bertz CT molecular complexity index is 1020. The molecule has 148 valence electrons. The molecule has 0 spiro atoms. The quantitative estimate of drug-likeness (QED) is 0.491. The Kier molecular flexibility index (Phi) is 6.22. The van der Waals surface area contributed by atoms with E-state index in [1.165, 1.54) is 0 Å². The number of amides is 1. The van der Waals surface area contributed by atoms with Crippen molar-refractivity contribution in [2.24, 2.45) is 0 Å². The number of benzene rings is 1. The Morgan fingerprint density at radius 3 is 2.54 bits per heavy atom. The summed E-state index contributed by atoms with van der Waals surface area (Å²) in [6, 6.07) is 7.95. The first-order valence-electron chi connectivity index (χ1n) is 9.37. The zero-order valence-corrected chi connectivity index (χ0v) is 19.1. The third kappa shape index (κ3) is 3.85. The minimum absolute atomic E-state index is 0.0883. The van der Waals surface area contributed by atoms with Crippen LogP contribution in [0, 0.1) is 17.4 Å². The molecule has 1 aromatic carbocycles. The van der Waals surface area contributed by atoms with E-state index in [0.717, 1.165) is 43.2 Å². The van der Waals surface area contributed by atoms with Gasteiger partial charge in [-0.3, -0.25) is 4.79 Å². The van der Waals surface area contributed by atoms with Crippen molar-refractivity contribution in [1.82, 2.24) is 19.5 Å². The van der Waals surface area contributed by atoms with Crippen molar-refractivity contribution < 1.29 is 9.53 Å². The molecule has 28 heavy (non-hydrogen) atoms. The molecule has 3 rings (SSSR count). The van der Waals surface area contributed by atoms with Gasteiger partial charge in [0.1, 0.15) is 5.75 Å². The number of ether oxygens (including phenoxy) is 1. The lowest BCUT2D eigenvalue weighted by Crippen LogP contribution is -2.31. The number of carbonyl (C=O) groups is 1. The Morgan fingerprint density at radius 2 is 1.93 bits per heavy atom. The van der Waals surface area contributed by atoms with E-state index in [-0.39, 0.29) is 12.3 Å². The normalized spacial score (nSPS) is 11.1. The van der Waals surface area contributed by atoms with Crippen molar-refractivity contribution in [3.63, 3.8) is 0 Å². The maximum atomic E-state index is 12.9. The summed E-state index contributed by atoms with van der Waals surface area (Å²) in [4.78, 5) is 19.4. The van der Waals surface area contributed by atoms with Gasteiger partial charge in [0.2, 0.25) is 5.91 Å². The maximum Gasteiger partial charge on any atom is 0.227 e. The van der Waals surface area contributed by atoms with Crippen LogP contribution in [0.2, 0.25) is 0 Å². The summed E-state index contributed by atoms with van der Waals surface area (Å²) in [7, 11) is 1.66. The number of fused-ring (bicyclic) bond motifs is 1. The van der Waals surface area contributed by atoms with E-state index in [1.54, 1.807) is 7.11 Å². The van der Waals surface area contributed by atoms with Gasteiger partial charge in [0, 0.05) is 35.6 Å². The van der Waals surface area contributed by atoms with Crippen molar-refractivity contribution in [1.29, 1.82) is 0 Å². The van der Waals surface area contributed by atoms with Gasteiger partial charge in [-0.15, -0.1) is 0 Å². The van der Waals surface area contributed by atoms with Crippen molar-refractivity contribution in [2.75, 3.05) is 20.2 Å². The molecule has 0 N–H and O–H groups in total. The molecule has 6 nitrogen and oxygen atoms in total. The third-order valence-electron chi connectivity index (χ3n) is 4.86. The number of likely N-dealkylation sites (N-methyl/N-ethyl adjacent to an activating group) is 1. The fourth-order valence-electron chi connectivity index (χ4n) is 3.41. The number of nitrogens with zero attached hydrogens (tertiary/aromatic N) is 4. The largest absolute Gasteiger partial charge is 0.496 e. The van der Waals surface area contributed by atoms with Crippen molar-refractivity contribution in [3.05, 3.63) is 44.8 Å². The molecule has 0 saturated heterocycles. The van der Waals surface area contributed by atoms with Crippen LogP contribution < -0.4 is 4.74 Å². The highest BCUT2D eigenvalue weighted by molar-refractivity contribution is 14.1. The monoisotopic (exact) mass is 489 g/mol. The van der Waals surface area contributed by atoms with E-state index in [2.05, 4.69) is 22.6 Å². The van der Waals surface area contributed by atoms with Gasteiger partial charge in [-0.2, -0.15) is 5.10 Å². The standard InChI is InChI=1S/C21H25IN4O2/c1-6-25(7-2)19(27)12-16-20(15-8-9-18(28-5)17(22)11-15)24-26-14(4)10-13(3)23-21(16)26/h8-11H,6-7,12H2,1-5H3/i22-3. The summed E-state index contributed by atoms with van der Waals surface area (Å²) in [6.07, 6.45) is 0.277. The molecule has 0 aliphatic heterocycles. The molecule has 3 aromatic rings. The SMILES string of the molecule is CCN(CC)C(=O)Cc1c(-c2ccc(OC)c([124I])c2)nn2c(C)cc(C)nc12. The van der Waals surface area contributed by atoms with Crippen LogP contribution >= 0.6 is 22.6 Å². The van der Waals surface area contributed by atoms with E-state index in [0.29, 0.717) is 13.1 Å². The average Bonchev–Trinajstić information content (AvgIpc) is 3.01. The van der Waals surface area contributed by atoms with Gasteiger partial charge in [-0.05, 0) is 74.6 Å². The van der Waals surface area contributed by atoms with Gasteiger partial charge in [-0.1, -0.05) is 0 Å². The molecular formula is C21H25IN4O2. The van der Waals surface area contributed by atoms with Crippen LogP contribution in [-0.4, -0.2) is 45.6 Å². The number of halogens is 1. The van der Waals surface area contributed by atoms with Crippen LogP contribution in [0.1, 0.15) is 30.8 Å². The van der Waals surface area contributed by atoms with Gasteiger partial charge < -0.3 is 9.64 Å². The Morgan fingerprint density at radius 1 is 1.21 bits per heavy atom. The second kappa shape index (κ2) is 8.46. The van der Waals surface area contributed by atoms with Crippen LogP contribution in [0.3, 0.4) is 0 Å². The highest BCUT2D eigenvalue weighted by Crippen LogP contribution is 2.31. The highest BCUT2D eigenvalue weighted by atomic mass is 124. The Labute approximate surface area is 179 Å². The predicted molar refractivity (Wildman–Crippen MR) is 119 cm³/mol. The fourth-order valence-corrected chi connectivity index (χ4v) is 4.15. The van der Waals surface area contributed by atoms with Crippen LogP contribution in [0.25, 0.3) is 16.9 Å². The van der Waals surface area contributed by atoms with Crippen LogP contribution in [0.4, 0.5) is 0 Å². The zero-order valence-electron chi connectivity index (χ0n) is 16.9. The number of rotatable bonds is 6. The number of methoxy groups -OCH3 is 1. The fraction of sp³-hybridized carbons (Fsp3) is 0.381. The lowest BCUT2D eigenvalue weighted by atomic mass is 10.0. The number of aryl methyl sites for hydroxylation is 2. The molecule has 0 radical (unpaired) electrons. The molecule has 2 aromatic heterocycles. The molecule has 0 aliphatic rings. The molecule has 0 atom stereocenters. The van der Waals surface area contributed by atoms with Crippen molar-refractivity contribution >= 4 is 34.1 Å². The van der Waals surface area contributed by atoms with Gasteiger partial charge in [0.05, 0.1) is 22.8 Å². The first-order valence-corrected chi connectivity index (χ1v) is 10.4. The second-order valence-corrected chi connectivity index (χ2v) is 7.86. The summed E-state index contributed by atoms with van der Waals surface area (Å²) >= 11 is 2.25. The average molecular weight is 489 g/mol. The number of aromatic nitrogens is 3. The molecule has 0 saturated carbocycles. The van der Waals surface area contributed by atoms with E-state index in [4.69, 9.17) is 14.8 Å². The zero-order chi connectivity index (χ0) is 20.4. The maximum absolute atomic E-state index is 12.9. The van der Waals surface area contributed by atoms with Crippen molar-refractivity contribution in [2.45, 2.75) is 34.1 Å². The van der Waals surface area contributed by atoms with E-state index in [1.807, 2.05) is 61.4 Å². The second-order valence-electron chi connectivity index (χ2n) is 6.69. The summed E-state index contributed by atoms with van der Waals surface area (Å²) in [5.41, 5.74) is 5.27. The predicted octanol–water partition coefficient (Wildman–Crippen LogP) is 4.04. The molecule has 2 heterocycles. The molecule has 1 amide bonds. The molecule has 0 unspecified atom stereocenters. The summed E-state index contributed by atoms with van der Waals surface area (Å²) < 4.78 is 8.21. The number of hydrogen-bond donors (Lipinski definition) is 0. The Hall–Kier alpha value is -2.16. The van der Waals surface area contributed by atoms with Gasteiger partial charge >= 0.3 is 0 Å². The highest BCUT2D eigenvalue weighted by Gasteiger charge is 2.22. The lowest BCUT2D eigenvalue weighted by Gasteiger charge is -2.18. The number of carbonyl (C=O) groups excluding carboxylic acids is 1. The van der Waals surface area contributed by atoms with Crippen LogP contribution in [0.5, 0.6) is 5.75 Å². The first kappa shape index (κ1) is 20.6. The molecule has 0 fully saturated rings. The molecule has 0 aliphatic carbocycles. The minimum atomic E-state index is 0.0883. The van der Waals surface area contributed by atoms with Gasteiger partial charge in [0.25, 0.3) is 0 Å². The van der Waals surface area contributed by atoms with E-state index in [9.17, 15) is 4.79 Å². The van der Waals surface area contributed by atoms with Gasteiger partial charge in [0.15, 0.2) is 5.65 Å². The summed E-state index contributed by atoms with van der Waals surface area (Å²) in [6.45, 7) is 9.34. The smallest absolute Gasteiger partial charge is 0.227 e. The lowest BCUT2D eigenvalue weighted by molar-refractivity contribution is -0.130. The minimum Gasteiger partial charge on any atom is -0.496 e. The first-order chi connectivity index (χ1) is 13.4. The molecule has 0 bridgehead atoms.